The Kier molecular flexibility index (Phi) is 1.36. The van der Waals surface area contributed by atoms with E-state index < -0.39 is 0 Å². The standard InChI is InChI=1S/C11H8N2O/c14-11-3-1-2-10-9-4-8(5-12-6-9)7-13(10)11/h1-3,5-7H,4H2. The molecule has 0 radical (unpaired) electrons. The highest BCUT2D eigenvalue weighted by Gasteiger charge is 2.16. The summed E-state index contributed by atoms with van der Waals surface area (Å²) in [7, 11) is 0. The molecule has 1 aromatic heterocycles. The molecule has 14 heavy (non-hydrogen) atoms. The summed E-state index contributed by atoms with van der Waals surface area (Å²) >= 11 is 0. The molecule has 0 spiro atoms. The highest BCUT2D eigenvalue weighted by Crippen LogP contribution is 2.28. The van der Waals surface area contributed by atoms with E-state index in [9.17, 15) is 4.79 Å². The molecule has 0 N–H and O–H groups in total. The fourth-order valence-corrected chi connectivity index (χ4v) is 1.83. The molecule has 2 bridgehead atoms. The topological polar surface area (TPSA) is 34.4 Å². The van der Waals surface area contributed by atoms with E-state index in [1.165, 1.54) is 0 Å². The smallest absolute Gasteiger partial charge is 0.255 e. The maximum Gasteiger partial charge on any atom is 0.255 e. The van der Waals surface area contributed by atoms with Crippen molar-refractivity contribution in [3.63, 3.8) is 0 Å². The van der Waals surface area contributed by atoms with Gasteiger partial charge in [-0.25, -0.2) is 0 Å². The molecule has 3 heteroatoms. The molecule has 0 aliphatic carbocycles. The summed E-state index contributed by atoms with van der Waals surface area (Å²) in [6.07, 6.45) is 6.36. The van der Waals surface area contributed by atoms with Gasteiger partial charge in [0.1, 0.15) is 0 Å². The van der Waals surface area contributed by atoms with Crippen LogP contribution >= 0.6 is 0 Å². The van der Waals surface area contributed by atoms with E-state index in [0.29, 0.717) is 0 Å². The van der Waals surface area contributed by atoms with Gasteiger partial charge in [0.2, 0.25) is 0 Å². The first kappa shape index (κ1) is 7.50. The van der Waals surface area contributed by atoms with Crippen LogP contribution in [0.5, 0.6) is 0 Å². The molecular formula is C11H8N2O. The van der Waals surface area contributed by atoms with E-state index in [1.807, 2.05) is 18.5 Å². The number of nitrogens with zero attached hydrogens (tertiary/aromatic N) is 2. The van der Waals surface area contributed by atoms with Crippen LogP contribution in [0.4, 0.5) is 0 Å². The Balaban J connectivity index is 2.40. The number of aliphatic imine (C=N–C) groups is 1. The summed E-state index contributed by atoms with van der Waals surface area (Å²) in [5, 5.41) is 0. The van der Waals surface area contributed by atoms with Crippen molar-refractivity contribution in [1.82, 2.24) is 4.57 Å². The van der Waals surface area contributed by atoms with Gasteiger partial charge in [-0.15, -0.1) is 0 Å². The van der Waals surface area contributed by atoms with E-state index in [4.69, 9.17) is 0 Å². The number of fused-ring (bicyclic) bond motifs is 4. The Morgan fingerprint density at radius 2 is 2.29 bits per heavy atom. The molecule has 3 nitrogen and oxygen atoms in total. The Bertz CT molecular complexity index is 547. The first-order valence-electron chi connectivity index (χ1n) is 4.49. The van der Waals surface area contributed by atoms with Gasteiger partial charge in [-0.05, 0) is 17.2 Å². The minimum atomic E-state index is 0.0147. The van der Waals surface area contributed by atoms with Crippen LogP contribution in [-0.2, 0) is 0 Å². The molecule has 0 saturated heterocycles. The van der Waals surface area contributed by atoms with Crippen LogP contribution in [0.2, 0.25) is 0 Å². The second-order valence-electron chi connectivity index (χ2n) is 3.43. The lowest BCUT2D eigenvalue weighted by atomic mass is 9.99. The van der Waals surface area contributed by atoms with Gasteiger partial charge in [0.25, 0.3) is 5.56 Å². The van der Waals surface area contributed by atoms with Crippen LogP contribution in [0.15, 0.2) is 39.8 Å². The molecule has 0 fully saturated rings. The van der Waals surface area contributed by atoms with E-state index in [0.717, 1.165) is 23.3 Å². The first-order valence-corrected chi connectivity index (χ1v) is 4.49. The molecular weight excluding hydrogens is 176 g/mol. The lowest BCUT2D eigenvalue weighted by Crippen LogP contribution is -2.21. The van der Waals surface area contributed by atoms with E-state index in [1.54, 1.807) is 22.9 Å². The van der Waals surface area contributed by atoms with Crippen molar-refractivity contribution < 1.29 is 0 Å². The summed E-state index contributed by atoms with van der Waals surface area (Å²) in [4.78, 5) is 15.7. The molecule has 3 heterocycles. The average molecular weight is 184 g/mol. The lowest BCUT2D eigenvalue weighted by molar-refractivity contribution is 0.983. The zero-order valence-electron chi connectivity index (χ0n) is 7.47. The van der Waals surface area contributed by atoms with Crippen LogP contribution < -0.4 is 5.56 Å². The van der Waals surface area contributed by atoms with Crippen molar-refractivity contribution >= 4 is 18.0 Å². The van der Waals surface area contributed by atoms with Crippen LogP contribution in [0.3, 0.4) is 0 Å². The predicted octanol–water partition coefficient (Wildman–Crippen LogP) is 1.52. The molecule has 68 valence electrons. The summed E-state index contributed by atoms with van der Waals surface area (Å²) in [5.74, 6) is 0. The van der Waals surface area contributed by atoms with E-state index >= 15 is 0 Å². The van der Waals surface area contributed by atoms with Crippen LogP contribution in [0.1, 0.15) is 12.1 Å². The number of hydrogen-bond donors (Lipinski definition) is 0. The van der Waals surface area contributed by atoms with Gasteiger partial charge in [0, 0.05) is 31.1 Å². The molecule has 0 amide bonds. The summed E-state index contributed by atoms with van der Waals surface area (Å²) in [6.45, 7) is 0. The monoisotopic (exact) mass is 184 g/mol. The van der Waals surface area contributed by atoms with Crippen molar-refractivity contribution in [2.24, 2.45) is 4.99 Å². The predicted molar refractivity (Wildman–Crippen MR) is 56.1 cm³/mol. The maximum atomic E-state index is 11.5. The van der Waals surface area contributed by atoms with Gasteiger partial charge in [0.15, 0.2) is 0 Å². The fraction of sp³-hybridized carbons (Fsp3) is 0.0909. The SMILES string of the molecule is O=c1cccc2n1C=C1C=NC=C2C1. The van der Waals surface area contributed by atoms with Gasteiger partial charge in [-0.3, -0.25) is 14.4 Å². The molecule has 1 aromatic rings. The largest absolute Gasteiger partial charge is 0.284 e. The minimum Gasteiger partial charge on any atom is -0.284 e. The van der Waals surface area contributed by atoms with Crippen molar-refractivity contribution in [3.8, 4) is 0 Å². The molecule has 0 aromatic carbocycles. The fourth-order valence-electron chi connectivity index (χ4n) is 1.83. The van der Waals surface area contributed by atoms with E-state index in [-0.39, 0.29) is 5.56 Å². The van der Waals surface area contributed by atoms with Gasteiger partial charge >= 0.3 is 0 Å². The van der Waals surface area contributed by atoms with Gasteiger partial charge < -0.3 is 0 Å². The molecule has 0 unspecified atom stereocenters. The van der Waals surface area contributed by atoms with Crippen LogP contribution in [-0.4, -0.2) is 10.8 Å². The van der Waals surface area contributed by atoms with E-state index in [2.05, 4.69) is 4.99 Å². The van der Waals surface area contributed by atoms with Gasteiger partial charge in [-0.1, -0.05) is 6.07 Å². The number of rotatable bonds is 0. The Labute approximate surface area is 80.7 Å². The number of aromatic nitrogens is 1. The lowest BCUT2D eigenvalue weighted by Gasteiger charge is -2.20. The normalized spacial score (nSPS) is 17.1. The third-order valence-corrected chi connectivity index (χ3v) is 2.48. The number of pyridine rings is 1. The Hall–Kier alpha value is -1.90. The van der Waals surface area contributed by atoms with Gasteiger partial charge in [0.05, 0.1) is 5.69 Å². The van der Waals surface area contributed by atoms with Crippen LogP contribution in [0.25, 0.3) is 11.8 Å². The molecule has 0 atom stereocenters. The third kappa shape index (κ3) is 0.923. The zero-order chi connectivity index (χ0) is 9.54. The molecule has 3 rings (SSSR count). The number of hydrogen-bond acceptors (Lipinski definition) is 2. The minimum absolute atomic E-state index is 0.0147. The quantitative estimate of drug-likeness (QED) is 0.602. The zero-order valence-corrected chi connectivity index (χ0v) is 7.47. The van der Waals surface area contributed by atoms with Crippen molar-refractivity contribution in [2.45, 2.75) is 6.42 Å². The van der Waals surface area contributed by atoms with Crippen molar-refractivity contribution in [1.29, 1.82) is 0 Å². The highest BCUT2D eigenvalue weighted by atomic mass is 16.1. The van der Waals surface area contributed by atoms with Crippen LogP contribution in [0, 0.1) is 0 Å². The average Bonchev–Trinajstić information content (AvgIpc) is 2.20. The molecule has 2 aliphatic rings. The first-order chi connectivity index (χ1) is 6.84. The van der Waals surface area contributed by atoms with Crippen molar-refractivity contribution in [2.75, 3.05) is 0 Å². The summed E-state index contributed by atoms with van der Waals surface area (Å²) in [6, 6.07) is 5.30. The molecule has 2 aliphatic heterocycles. The number of allylic oxidation sites excluding steroid dienone is 2. The third-order valence-electron chi connectivity index (χ3n) is 2.48. The molecule has 0 saturated carbocycles. The Morgan fingerprint density at radius 3 is 3.21 bits per heavy atom. The van der Waals surface area contributed by atoms with Crippen molar-refractivity contribution in [3.05, 3.63) is 46.0 Å². The van der Waals surface area contributed by atoms with Gasteiger partial charge in [-0.2, -0.15) is 0 Å². The summed E-state index contributed by atoms with van der Waals surface area (Å²) < 4.78 is 1.68. The second-order valence-corrected chi connectivity index (χ2v) is 3.43. The Morgan fingerprint density at radius 1 is 1.36 bits per heavy atom. The maximum absolute atomic E-state index is 11.5. The summed E-state index contributed by atoms with van der Waals surface area (Å²) in [5.41, 5.74) is 3.17. The second kappa shape index (κ2) is 2.54. The highest BCUT2D eigenvalue weighted by molar-refractivity contribution is 5.92.